The maximum atomic E-state index is 3.47. The van der Waals surface area contributed by atoms with Crippen molar-refractivity contribution in [3.63, 3.8) is 0 Å². The average Bonchev–Trinajstić information content (AvgIpc) is 2.95. The zero-order valence-corrected chi connectivity index (χ0v) is 13.6. The van der Waals surface area contributed by atoms with Gasteiger partial charge in [0.15, 0.2) is 0 Å². The van der Waals surface area contributed by atoms with E-state index in [-0.39, 0.29) is 24.8 Å². The van der Waals surface area contributed by atoms with E-state index in [1.165, 1.54) is 44.3 Å². The highest BCUT2D eigenvalue weighted by atomic mass is 35.5. The normalized spacial score (nSPS) is 21.8. The minimum absolute atomic E-state index is 0. The zero-order chi connectivity index (χ0) is 12.2. The number of nitrogens with zero attached hydrogens (tertiary/aromatic N) is 1. The van der Waals surface area contributed by atoms with Crippen molar-refractivity contribution < 1.29 is 0 Å². The first-order valence-electron chi connectivity index (χ1n) is 7.45. The first kappa shape index (κ1) is 17.8. The Morgan fingerprint density at radius 1 is 0.950 bits per heavy atom. The molecular formula is C16H26Cl2N2. The monoisotopic (exact) mass is 316 g/mol. The second kappa shape index (κ2) is 8.89. The number of hydrogen-bond acceptors (Lipinski definition) is 2. The highest BCUT2D eigenvalue weighted by molar-refractivity contribution is 5.85. The summed E-state index contributed by atoms with van der Waals surface area (Å²) in [7, 11) is 0. The summed E-state index contributed by atoms with van der Waals surface area (Å²) in [4.78, 5) is 2.71. The Kier molecular flexibility index (Phi) is 7.90. The molecule has 1 aliphatic heterocycles. The number of hydrogen-bond donors (Lipinski definition) is 1. The summed E-state index contributed by atoms with van der Waals surface area (Å²) in [6.07, 6.45) is 5.70. The van der Waals surface area contributed by atoms with Gasteiger partial charge >= 0.3 is 0 Å². The molecule has 1 aromatic rings. The molecule has 0 aromatic heterocycles. The van der Waals surface area contributed by atoms with Crippen LogP contribution in [0.15, 0.2) is 30.3 Å². The summed E-state index contributed by atoms with van der Waals surface area (Å²) >= 11 is 0. The van der Waals surface area contributed by atoms with Crippen LogP contribution in [-0.2, 0) is 0 Å². The molecule has 0 unspecified atom stereocenters. The predicted molar refractivity (Wildman–Crippen MR) is 90.1 cm³/mol. The van der Waals surface area contributed by atoms with Crippen LogP contribution in [0.3, 0.4) is 0 Å². The number of rotatable bonds is 3. The molecule has 1 saturated heterocycles. The van der Waals surface area contributed by atoms with E-state index in [4.69, 9.17) is 0 Å². The minimum Gasteiger partial charge on any atom is -0.314 e. The topological polar surface area (TPSA) is 15.3 Å². The summed E-state index contributed by atoms with van der Waals surface area (Å²) in [5.41, 5.74) is 1.53. The largest absolute Gasteiger partial charge is 0.314 e. The molecule has 0 bridgehead atoms. The minimum atomic E-state index is 0. The quantitative estimate of drug-likeness (QED) is 0.915. The van der Waals surface area contributed by atoms with Gasteiger partial charge in [-0.1, -0.05) is 43.2 Å². The number of piperazine rings is 1. The van der Waals surface area contributed by atoms with Crippen LogP contribution in [0.4, 0.5) is 0 Å². The van der Waals surface area contributed by atoms with Gasteiger partial charge in [-0.05, 0) is 24.3 Å². The molecule has 1 aliphatic carbocycles. The van der Waals surface area contributed by atoms with Crippen LogP contribution in [0, 0.1) is 5.92 Å². The van der Waals surface area contributed by atoms with Gasteiger partial charge in [0.05, 0.1) is 0 Å². The molecule has 1 N–H and O–H groups in total. The number of nitrogens with one attached hydrogen (secondary N) is 1. The fourth-order valence-corrected chi connectivity index (χ4v) is 3.66. The maximum Gasteiger partial charge on any atom is 0.0377 e. The molecule has 0 amide bonds. The number of benzene rings is 1. The fourth-order valence-electron chi connectivity index (χ4n) is 3.66. The van der Waals surface area contributed by atoms with Crippen molar-refractivity contribution in [2.75, 3.05) is 26.2 Å². The molecule has 114 valence electrons. The Morgan fingerprint density at radius 3 is 2.15 bits per heavy atom. The molecule has 1 aromatic carbocycles. The lowest BCUT2D eigenvalue weighted by atomic mass is 9.90. The van der Waals surface area contributed by atoms with Gasteiger partial charge < -0.3 is 5.32 Å². The van der Waals surface area contributed by atoms with Crippen LogP contribution in [0.5, 0.6) is 0 Å². The summed E-state index contributed by atoms with van der Waals surface area (Å²) in [6, 6.07) is 11.8. The molecular weight excluding hydrogens is 291 g/mol. The molecule has 1 saturated carbocycles. The highest BCUT2D eigenvalue weighted by Gasteiger charge is 2.31. The van der Waals surface area contributed by atoms with Crippen LogP contribution < -0.4 is 5.32 Å². The Labute approximate surface area is 135 Å². The molecule has 2 aliphatic rings. The smallest absolute Gasteiger partial charge is 0.0377 e. The second-order valence-electron chi connectivity index (χ2n) is 5.69. The molecule has 20 heavy (non-hydrogen) atoms. The summed E-state index contributed by atoms with van der Waals surface area (Å²) < 4.78 is 0. The second-order valence-corrected chi connectivity index (χ2v) is 5.69. The van der Waals surface area contributed by atoms with Crippen molar-refractivity contribution in [2.24, 2.45) is 5.92 Å². The predicted octanol–water partition coefficient (Wildman–Crippen LogP) is 3.67. The van der Waals surface area contributed by atoms with Gasteiger partial charge in [0.1, 0.15) is 0 Å². The summed E-state index contributed by atoms with van der Waals surface area (Å²) in [5.74, 6) is 0.880. The van der Waals surface area contributed by atoms with Crippen LogP contribution in [0.2, 0.25) is 0 Å². The van der Waals surface area contributed by atoms with Gasteiger partial charge in [-0.25, -0.2) is 0 Å². The van der Waals surface area contributed by atoms with Crippen molar-refractivity contribution in [2.45, 2.75) is 31.7 Å². The third kappa shape index (κ3) is 4.11. The van der Waals surface area contributed by atoms with Crippen LogP contribution >= 0.6 is 24.8 Å². The van der Waals surface area contributed by atoms with E-state index >= 15 is 0 Å². The van der Waals surface area contributed by atoms with Crippen LogP contribution in [0.25, 0.3) is 0 Å². The van der Waals surface area contributed by atoms with E-state index in [9.17, 15) is 0 Å². The molecule has 0 spiro atoms. The lowest BCUT2D eigenvalue weighted by molar-refractivity contribution is 0.125. The summed E-state index contributed by atoms with van der Waals surface area (Å²) in [5, 5.41) is 3.47. The van der Waals surface area contributed by atoms with Gasteiger partial charge in [-0.3, -0.25) is 4.90 Å². The van der Waals surface area contributed by atoms with Gasteiger partial charge in [-0.15, -0.1) is 24.8 Å². The lowest BCUT2D eigenvalue weighted by Gasteiger charge is -2.38. The van der Waals surface area contributed by atoms with Crippen molar-refractivity contribution in [1.82, 2.24) is 10.2 Å². The molecule has 1 heterocycles. The third-order valence-electron chi connectivity index (χ3n) is 4.53. The van der Waals surface area contributed by atoms with Gasteiger partial charge in [-0.2, -0.15) is 0 Å². The first-order valence-corrected chi connectivity index (χ1v) is 7.45. The van der Waals surface area contributed by atoms with E-state index in [1.54, 1.807) is 0 Å². The average molecular weight is 317 g/mol. The third-order valence-corrected chi connectivity index (χ3v) is 4.53. The highest BCUT2D eigenvalue weighted by Crippen LogP contribution is 2.39. The van der Waals surface area contributed by atoms with E-state index in [0.29, 0.717) is 6.04 Å². The number of halogens is 2. The van der Waals surface area contributed by atoms with Crippen molar-refractivity contribution >= 4 is 24.8 Å². The van der Waals surface area contributed by atoms with E-state index < -0.39 is 0 Å². The SMILES string of the molecule is Cl.Cl.c1ccc([C@@H](C2CCCC2)N2CCNCC2)cc1. The standard InChI is InChI=1S/C16H24N2.2ClH/c1-2-6-14(7-3-1)16(15-8-4-5-9-15)18-12-10-17-11-13-18;;/h1-3,6-7,15-17H,4-5,8-13H2;2*1H/t16-;;/m0../s1. The molecule has 0 radical (unpaired) electrons. The summed E-state index contributed by atoms with van der Waals surface area (Å²) in [6.45, 7) is 4.71. The molecule has 3 rings (SSSR count). The molecule has 2 fully saturated rings. The Hall–Kier alpha value is -0.280. The van der Waals surface area contributed by atoms with Gasteiger partial charge in [0.2, 0.25) is 0 Å². The van der Waals surface area contributed by atoms with Crippen molar-refractivity contribution in [1.29, 1.82) is 0 Å². The van der Waals surface area contributed by atoms with E-state index in [1.807, 2.05) is 0 Å². The Bertz CT molecular complexity index is 360. The Morgan fingerprint density at radius 2 is 1.55 bits per heavy atom. The van der Waals surface area contributed by atoms with Crippen molar-refractivity contribution in [3.05, 3.63) is 35.9 Å². The first-order chi connectivity index (χ1) is 8.95. The zero-order valence-electron chi connectivity index (χ0n) is 12.0. The van der Waals surface area contributed by atoms with E-state index in [0.717, 1.165) is 19.0 Å². The maximum absolute atomic E-state index is 3.47. The lowest BCUT2D eigenvalue weighted by Crippen LogP contribution is -2.46. The Balaban J connectivity index is 0.000001000. The van der Waals surface area contributed by atoms with Crippen LogP contribution in [-0.4, -0.2) is 31.1 Å². The van der Waals surface area contributed by atoms with Gasteiger partial charge in [0.25, 0.3) is 0 Å². The molecule has 4 heteroatoms. The van der Waals surface area contributed by atoms with E-state index in [2.05, 4.69) is 40.5 Å². The molecule has 2 nitrogen and oxygen atoms in total. The van der Waals surface area contributed by atoms with Crippen LogP contribution in [0.1, 0.15) is 37.3 Å². The van der Waals surface area contributed by atoms with Crippen molar-refractivity contribution in [3.8, 4) is 0 Å². The van der Waals surface area contributed by atoms with Gasteiger partial charge in [0, 0.05) is 32.2 Å². The fraction of sp³-hybridized carbons (Fsp3) is 0.625. The molecule has 1 atom stereocenters.